The zero-order valence-corrected chi connectivity index (χ0v) is 10.4. The maximum absolute atomic E-state index is 11.9. The Kier molecular flexibility index (Phi) is 6.00. The molecule has 3 heteroatoms. The SMILES string of the molecule is CCCC(C#N)C(=O)N(C)C(C)C(C)C. The molecule has 0 N–H and O–H groups in total. The van der Waals surface area contributed by atoms with E-state index in [0.29, 0.717) is 12.3 Å². The number of nitriles is 1. The van der Waals surface area contributed by atoms with Crippen LogP contribution >= 0.6 is 0 Å². The van der Waals surface area contributed by atoms with Gasteiger partial charge >= 0.3 is 0 Å². The van der Waals surface area contributed by atoms with Crippen LogP contribution in [0.2, 0.25) is 0 Å². The van der Waals surface area contributed by atoms with E-state index in [1.807, 2.05) is 13.8 Å². The highest BCUT2D eigenvalue weighted by Gasteiger charge is 2.25. The summed E-state index contributed by atoms with van der Waals surface area (Å²) in [4.78, 5) is 13.6. The van der Waals surface area contributed by atoms with Gasteiger partial charge in [-0.25, -0.2) is 0 Å². The monoisotopic (exact) mass is 210 g/mol. The van der Waals surface area contributed by atoms with Crippen LogP contribution in [0.3, 0.4) is 0 Å². The third-order valence-electron chi connectivity index (χ3n) is 2.95. The van der Waals surface area contributed by atoms with Crippen LogP contribution in [0.15, 0.2) is 0 Å². The summed E-state index contributed by atoms with van der Waals surface area (Å²) in [6.07, 6.45) is 1.53. The standard InChI is InChI=1S/C12H22N2O/c1-6-7-11(8-13)12(15)14(5)10(4)9(2)3/h9-11H,6-7H2,1-5H3. The van der Waals surface area contributed by atoms with Gasteiger partial charge in [-0.3, -0.25) is 4.79 Å². The lowest BCUT2D eigenvalue weighted by molar-refractivity contribution is -0.135. The molecule has 0 spiro atoms. The van der Waals surface area contributed by atoms with Crippen molar-refractivity contribution in [2.24, 2.45) is 11.8 Å². The Morgan fingerprint density at radius 2 is 1.93 bits per heavy atom. The maximum Gasteiger partial charge on any atom is 0.239 e. The van der Waals surface area contributed by atoms with E-state index < -0.39 is 5.92 Å². The minimum absolute atomic E-state index is 0.0412. The van der Waals surface area contributed by atoms with Crippen LogP contribution in [-0.2, 0) is 4.79 Å². The van der Waals surface area contributed by atoms with Gasteiger partial charge < -0.3 is 4.90 Å². The minimum atomic E-state index is -0.471. The molecular weight excluding hydrogens is 188 g/mol. The molecule has 0 saturated carbocycles. The van der Waals surface area contributed by atoms with Crippen molar-refractivity contribution in [3.63, 3.8) is 0 Å². The molecule has 0 aliphatic heterocycles. The lowest BCUT2D eigenvalue weighted by atomic mass is 10.00. The first-order valence-electron chi connectivity index (χ1n) is 5.61. The predicted octanol–water partition coefficient (Wildman–Crippen LogP) is 2.43. The van der Waals surface area contributed by atoms with Crippen molar-refractivity contribution in [3.8, 4) is 6.07 Å². The minimum Gasteiger partial charge on any atom is -0.342 e. The number of rotatable bonds is 5. The van der Waals surface area contributed by atoms with Gasteiger partial charge in [0.1, 0.15) is 5.92 Å². The van der Waals surface area contributed by atoms with Crippen molar-refractivity contribution < 1.29 is 4.79 Å². The van der Waals surface area contributed by atoms with Crippen molar-refractivity contribution in [3.05, 3.63) is 0 Å². The number of hydrogen-bond acceptors (Lipinski definition) is 2. The third kappa shape index (κ3) is 3.91. The largest absolute Gasteiger partial charge is 0.342 e. The lowest BCUT2D eigenvalue weighted by Crippen LogP contribution is -2.41. The van der Waals surface area contributed by atoms with E-state index in [2.05, 4.69) is 19.9 Å². The Labute approximate surface area is 93.1 Å². The maximum atomic E-state index is 11.9. The van der Waals surface area contributed by atoms with E-state index in [-0.39, 0.29) is 11.9 Å². The van der Waals surface area contributed by atoms with E-state index >= 15 is 0 Å². The van der Waals surface area contributed by atoms with Crippen LogP contribution in [0.5, 0.6) is 0 Å². The molecule has 3 nitrogen and oxygen atoms in total. The first-order chi connectivity index (χ1) is 6.95. The molecule has 15 heavy (non-hydrogen) atoms. The molecule has 0 aliphatic carbocycles. The van der Waals surface area contributed by atoms with Crippen LogP contribution in [-0.4, -0.2) is 23.9 Å². The molecular formula is C12H22N2O. The van der Waals surface area contributed by atoms with Crippen LogP contribution < -0.4 is 0 Å². The molecule has 0 aromatic heterocycles. The zero-order chi connectivity index (χ0) is 12.0. The van der Waals surface area contributed by atoms with Crippen LogP contribution in [0.1, 0.15) is 40.5 Å². The van der Waals surface area contributed by atoms with Gasteiger partial charge in [-0.05, 0) is 19.3 Å². The second-order valence-corrected chi connectivity index (χ2v) is 4.40. The topological polar surface area (TPSA) is 44.1 Å². The molecule has 0 aromatic carbocycles. The van der Waals surface area contributed by atoms with Crippen molar-refractivity contribution in [1.82, 2.24) is 4.90 Å². The molecule has 0 aromatic rings. The summed E-state index contributed by atoms with van der Waals surface area (Å²) >= 11 is 0. The highest BCUT2D eigenvalue weighted by atomic mass is 16.2. The molecule has 0 aliphatic rings. The Balaban J connectivity index is 4.49. The zero-order valence-electron chi connectivity index (χ0n) is 10.4. The molecule has 1 amide bonds. The summed E-state index contributed by atoms with van der Waals surface area (Å²) in [5.41, 5.74) is 0. The molecule has 0 radical (unpaired) electrons. The Morgan fingerprint density at radius 1 is 1.40 bits per heavy atom. The summed E-state index contributed by atoms with van der Waals surface area (Å²) in [6, 6.07) is 2.27. The smallest absolute Gasteiger partial charge is 0.239 e. The van der Waals surface area contributed by atoms with Gasteiger partial charge in [0, 0.05) is 13.1 Å². The average Bonchev–Trinajstić information content (AvgIpc) is 2.22. The molecule has 0 saturated heterocycles. The third-order valence-corrected chi connectivity index (χ3v) is 2.95. The normalized spacial score (nSPS) is 14.5. The molecule has 0 heterocycles. The second kappa shape index (κ2) is 6.44. The Hall–Kier alpha value is -1.04. The van der Waals surface area contributed by atoms with Gasteiger partial charge in [0.15, 0.2) is 0 Å². The highest BCUT2D eigenvalue weighted by Crippen LogP contribution is 2.14. The van der Waals surface area contributed by atoms with Crippen LogP contribution in [0.25, 0.3) is 0 Å². The number of amides is 1. The van der Waals surface area contributed by atoms with Gasteiger partial charge in [-0.2, -0.15) is 5.26 Å². The van der Waals surface area contributed by atoms with Gasteiger partial charge in [0.25, 0.3) is 0 Å². The summed E-state index contributed by atoms with van der Waals surface area (Å²) in [6.45, 7) is 8.16. The van der Waals surface area contributed by atoms with E-state index in [9.17, 15) is 4.79 Å². The highest BCUT2D eigenvalue weighted by molar-refractivity contribution is 5.81. The molecule has 0 fully saturated rings. The molecule has 0 rings (SSSR count). The van der Waals surface area contributed by atoms with Crippen molar-refractivity contribution in [1.29, 1.82) is 5.26 Å². The van der Waals surface area contributed by atoms with Gasteiger partial charge in [-0.1, -0.05) is 27.2 Å². The average molecular weight is 210 g/mol. The van der Waals surface area contributed by atoms with Gasteiger partial charge in [0.05, 0.1) is 6.07 Å². The second-order valence-electron chi connectivity index (χ2n) is 4.40. The van der Waals surface area contributed by atoms with E-state index in [1.165, 1.54) is 0 Å². The summed E-state index contributed by atoms with van der Waals surface area (Å²) in [7, 11) is 1.78. The van der Waals surface area contributed by atoms with E-state index in [0.717, 1.165) is 6.42 Å². The van der Waals surface area contributed by atoms with Crippen molar-refractivity contribution in [2.75, 3.05) is 7.05 Å². The van der Waals surface area contributed by atoms with Crippen LogP contribution in [0.4, 0.5) is 0 Å². The van der Waals surface area contributed by atoms with Gasteiger partial charge in [-0.15, -0.1) is 0 Å². The number of carbonyl (C=O) groups excluding carboxylic acids is 1. The fourth-order valence-corrected chi connectivity index (χ4v) is 1.43. The summed E-state index contributed by atoms with van der Waals surface area (Å²) in [5, 5.41) is 8.90. The number of carbonyl (C=O) groups is 1. The summed E-state index contributed by atoms with van der Waals surface area (Å²) in [5.74, 6) is -0.0957. The van der Waals surface area contributed by atoms with Gasteiger partial charge in [0.2, 0.25) is 5.91 Å². The van der Waals surface area contributed by atoms with Crippen molar-refractivity contribution in [2.45, 2.75) is 46.6 Å². The van der Waals surface area contributed by atoms with E-state index in [4.69, 9.17) is 5.26 Å². The Morgan fingerprint density at radius 3 is 2.27 bits per heavy atom. The van der Waals surface area contributed by atoms with Crippen molar-refractivity contribution >= 4 is 5.91 Å². The fourth-order valence-electron chi connectivity index (χ4n) is 1.43. The Bertz CT molecular complexity index is 242. The van der Waals surface area contributed by atoms with Crippen LogP contribution in [0, 0.1) is 23.2 Å². The first kappa shape index (κ1) is 14.0. The summed E-state index contributed by atoms with van der Waals surface area (Å²) < 4.78 is 0. The fraction of sp³-hybridized carbons (Fsp3) is 0.833. The number of hydrogen-bond donors (Lipinski definition) is 0. The molecule has 0 bridgehead atoms. The predicted molar refractivity (Wildman–Crippen MR) is 61.1 cm³/mol. The molecule has 2 atom stereocenters. The lowest BCUT2D eigenvalue weighted by Gasteiger charge is -2.29. The molecule has 2 unspecified atom stereocenters. The number of nitrogens with zero attached hydrogens (tertiary/aromatic N) is 2. The molecule has 86 valence electrons. The quantitative estimate of drug-likeness (QED) is 0.699. The van der Waals surface area contributed by atoms with E-state index in [1.54, 1.807) is 11.9 Å². The first-order valence-corrected chi connectivity index (χ1v) is 5.61.